The molecule has 0 saturated carbocycles. The van der Waals surface area contributed by atoms with Crippen molar-refractivity contribution in [2.24, 2.45) is 0 Å². The summed E-state index contributed by atoms with van der Waals surface area (Å²) in [5.41, 5.74) is 6.56. The second-order valence-corrected chi connectivity index (χ2v) is 4.74. The monoisotopic (exact) mass is 242 g/mol. The van der Waals surface area contributed by atoms with Crippen molar-refractivity contribution in [1.82, 2.24) is 4.98 Å². The summed E-state index contributed by atoms with van der Waals surface area (Å²) in [6, 6.07) is 4.34. The van der Waals surface area contributed by atoms with Crippen molar-refractivity contribution in [3.05, 3.63) is 34.0 Å². The molecule has 5 heteroatoms. The van der Waals surface area contributed by atoms with E-state index in [1.165, 1.54) is 29.5 Å². The maximum absolute atomic E-state index is 13.5. The Morgan fingerprint density at radius 3 is 2.80 bits per heavy atom. The van der Waals surface area contributed by atoms with E-state index in [0.29, 0.717) is 21.3 Å². The molecular weight excluding hydrogens is 235 g/mol. The number of thiazole rings is 1. The number of aryl methyl sites for hydroxylation is 1. The molecule has 2 N–H and O–H groups in total. The zero-order chi connectivity index (χ0) is 11.0. The van der Waals surface area contributed by atoms with Crippen molar-refractivity contribution in [3.8, 4) is 11.3 Å². The number of halogens is 2. The Labute approximate surface area is 95.5 Å². The predicted octanol–water partition coefficient (Wildman–Crippen LogP) is 3.49. The predicted molar refractivity (Wildman–Crippen MR) is 61.7 cm³/mol. The average Bonchev–Trinajstić information content (AvgIpc) is 2.50. The van der Waals surface area contributed by atoms with E-state index < -0.39 is 0 Å². The summed E-state index contributed by atoms with van der Waals surface area (Å²) in [6.45, 7) is 1.83. The summed E-state index contributed by atoms with van der Waals surface area (Å²) in [5.74, 6) is -0.364. The fraction of sp³-hybridized carbons (Fsp3) is 0.100. The number of anilines is 1. The van der Waals surface area contributed by atoms with Gasteiger partial charge >= 0.3 is 0 Å². The molecule has 0 atom stereocenters. The molecule has 1 heterocycles. The minimum absolute atomic E-state index is 0.351. The van der Waals surface area contributed by atoms with Crippen LogP contribution < -0.4 is 5.73 Å². The van der Waals surface area contributed by atoms with Crippen LogP contribution in [-0.2, 0) is 0 Å². The molecule has 0 bridgehead atoms. The first kappa shape index (κ1) is 10.4. The van der Waals surface area contributed by atoms with Crippen LogP contribution in [0.15, 0.2) is 18.2 Å². The summed E-state index contributed by atoms with van der Waals surface area (Å²) >= 11 is 7.13. The van der Waals surface area contributed by atoms with Crippen molar-refractivity contribution in [1.29, 1.82) is 0 Å². The first-order chi connectivity index (χ1) is 7.08. The van der Waals surface area contributed by atoms with E-state index in [1.54, 1.807) is 0 Å². The number of nitrogens with two attached hydrogens (primary N) is 1. The normalized spacial score (nSPS) is 10.6. The standard InChI is InChI=1S/C10H8ClFN2S/c1-5-14-9(10(13)15-5)7-4-6(11)2-3-8(7)12/h2-4H,13H2,1H3. The Morgan fingerprint density at radius 2 is 2.20 bits per heavy atom. The molecule has 2 nitrogen and oxygen atoms in total. The van der Waals surface area contributed by atoms with Crippen LogP contribution in [0, 0.1) is 12.7 Å². The minimum Gasteiger partial charge on any atom is -0.389 e. The summed E-state index contributed by atoms with van der Waals surface area (Å²) in [4.78, 5) is 4.18. The van der Waals surface area contributed by atoms with Crippen LogP contribution in [0.1, 0.15) is 5.01 Å². The highest BCUT2D eigenvalue weighted by atomic mass is 35.5. The molecule has 1 aromatic heterocycles. The topological polar surface area (TPSA) is 38.9 Å². The first-order valence-corrected chi connectivity index (χ1v) is 5.45. The summed E-state index contributed by atoms with van der Waals surface area (Å²) in [6.07, 6.45) is 0. The van der Waals surface area contributed by atoms with E-state index >= 15 is 0 Å². The number of hydrogen-bond donors (Lipinski definition) is 1. The lowest BCUT2D eigenvalue weighted by molar-refractivity contribution is 0.631. The van der Waals surface area contributed by atoms with Gasteiger partial charge in [0.1, 0.15) is 16.5 Å². The maximum Gasteiger partial charge on any atom is 0.132 e. The van der Waals surface area contributed by atoms with Crippen LogP contribution in [0.5, 0.6) is 0 Å². The number of rotatable bonds is 1. The van der Waals surface area contributed by atoms with Gasteiger partial charge in [0, 0.05) is 10.6 Å². The Kier molecular flexibility index (Phi) is 2.63. The fourth-order valence-electron chi connectivity index (χ4n) is 1.31. The molecule has 0 saturated heterocycles. The molecule has 2 rings (SSSR count). The molecule has 0 unspecified atom stereocenters. The first-order valence-electron chi connectivity index (χ1n) is 4.26. The fourth-order valence-corrected chi connectivity index (χ4v) is 2.19. The Balaban J connectivity index is 2.62. The highest BCUT2D eigenvalue weighted by Crippen LogP contribution is 2.33. The third-order valence-corrected chi connectivity index (χ3v) is 2.98. The van der Waals surface area contributed by atoms with Crippen molar-refractivity contribution in [2.75, 3.05) is 5.73 Å². The van der Waals surface area contributed by atoms with Gasteiger partial charge in [-0.15, -0.1) is 11.3 Å². The largest absolute Gasteiger partial charge is 0.389 e. The van der Waals surface area contributed by atoms with Gasteiger partial charge in [-0.3, -0.25) is 0 Å². The summed E-state index contributed by atoms with van der Waals surface area (Å²) < 4.78 is 13.5. The molecule has 0 radical (unpaired) electrons. The molecule has 0 spiro atoms. The zero-order valence-corrected chi connectivity index (χ0v) is 9.49. The van der Waals surface area contributed by atoms with Crippen LogP contribution in [0.2, 0.25) is 5.02 Å². The Hall–Kier alpha value is -1.13. The lowest BCUT2D eigenvalue weighted by Gasteiger charge is -2.01. The van der Waals surface area contributed by atoms with Gasteiger partial charge in [-0.2, -0.15) is 0 Å². The lowest BCUT2D eigenvalue weighted by atomic mass is 10.1. The van der Waals surface area contributed by atoms with Gasteiger partial charge in [0.25, 0.3) is 0 Å². The smallest absolute Gasteiger partial charge is 0.132 e. The number of benzene rings is 1. The second-order valence-electron chi connectivity index (χ2n) is 3.07. The summed E-state index contributed by atoms with van der Waals surface area (Å²) in [7, 11) is 0. The van der Waals surface area contributed by atoms with E-state index in [2.05, 4.69) is 4.98 Å². The van der Waals surface area contributed by atoms with Crippen molar-refractivity contribution < 1.29 is 4.39 Å². The van der Waals surface area contributed by atoms with Crippen LogP contribution >= 0.6 is 22.9 Å². The van der Waals surface area contributed by atoms with E-state index in [1.807, 2.05) is 6.92 Å². The molecular formula is C10H8ClFN2S. The minimum atomic E-state index is -0.364. The molecule has 0 aliphatic rings. The number of hydrogen-bond acceptors (Lipinski definition) is 3. The SMILES string of the molecule is Cc1nc(-c2cc(Cl)ccc2F)c(N)s1. The van der Waals surface area contributed by atoms with Crippen molar-refractivity contribution in [3.63, 3.8) is 0 Å². The molecule has 15 heavy (non-hydrogen) atoms. The molecule has 0 fully saturated rings. The number of nitrogen functional groups attached to an aromatic ring is 1. The molecule has 1 aromatic carbocycles. The molecule has 2 aromatic rings. The molecule has 0 amide bonds. The van der Waals surface area contributed by atoms with Gasteiger partial charge in [-0.1, -0.05) is 11.6 Å². The van der Waals surface area contributed by atoms with Gasteiger partial charge in [0.05, 0.1) is 5.01 Å². The van der Waals surface area contributed by atoms with Gasteiger partial charge in [-0.25, -0.2) is 9.37 Å². The van der Waals surface area contributed by atoms with Crippen LogP contribution in [0.4, 0.5) is 9.39 Å². The quantitative estimate of drug-likeness (QED) is 0.831. The third-order valence-electron chi connectivity index (χ3n) is 1.94. The van der Waals surface area contributed by atoms with Gasteiger partial charge in [-0.05, 0) is 25.1 Å². The highest BCUT2D eigenvalue weighted by Gasteiger charge is 2.13. The average molecular weight is 243 g/mol. The van der Waals surface area contributed by atoms with E-state index in [9.17, 15) is 4.39 Å². The van der Waals surface area contributed by atoms with Gasteiger partial charge < -0.3 is 5.73 Å². The van der Waals surface area contributed by atoms with Crippen molar-refractivity contribution in [2.45, 2.75) is 6.92 Å². The molecule has 0 aliphatic heterocycles. The molecule has 78 valence electrons. The van der Waals surface area contributed by atoms with Gasteiger partial charge in [0.2, 0.25) is 0 Å². The molecule has 0 aliphatic carbocycles. The maximum atomic E-state index is 13.5. The number of nitrogens with zero attached hydrogens (tertiary/aromatic N) is 1. The van der Waals surface area contributed by atoms with Crippen molar-refractivity contribution >= 4 is 27.9 Å². The number of aromatic nitrogens is 1. The summed E-state index contributed by atoms with van der Waals surface area (Å²) in [5, 5.41) is 1.78. The second kappa shape index (κ2) is 3.79. The van der Waals surface area contributed by atoms with E-state index in [4.69, 9.17) is 17.3 Å². The van der Waals surface area contributed by atoms with E-state index in [0.717, 1.165) is 5.01 Å². The van der Waals surface area contributed by atoms with E-state index in [-0.39, 0.29) is 5.82 Å². The third kappa shape index (κ3) is 1.96. The van der Waals surface area contributed by atoms with Crippen LogP contribution in [-0.4, -0.2) is 4.98 Å². The Bertz CT molecular complexity index is 510. The zero-order valence-electron chi connectivity index (χ0n) is 7.92. The lowest BCUT2D eigenvalue weighted by Crippen LogP contribution is -1.89. The van der Waals surface area contributed by atoms with Crippen LogP contribution in [0.25, 0.3) is 11.3 Å². The van der Waals surface area contributed by atoms with Gasteiger partial charge in [0.15, 0.2) is 0 Å². The Morgan fingerprint density at radius 1 is 1.47 bits per heavy atom. The highest BCUT2D eigenvalue weighted by molar-refractivity contribution is 7.16. The van der Waals surface area contributed by atoms with Crippen LogP contribution in [0.3, 0.4) is 0 Å².